The van der Waals surface area contributed by atoms with Crippen LogP contribution in [-0.2, 0) is 6.54 Å². The zero-order chi connectivity index (χ0) is 20.3. The monoisotopic (exact) mass is 400 g/mol. The zero-order valence-corrected chi connectivity index (χ0v) is 17.3. The molecule has 30 heavy (non-hydrogen) atoms. The lowest BCUT2D eigenvalue weighted by Gasteiger charge is -2.22. The van der Waals surface area contributed by atoms with Crippen LogP contribution in [0.5, 0.6) is 0 Å². The molecule has 3 aromatic rings. The van der Waals surface area contributed by atoms with Gasteiger partial charge in [0.05, 0.1) is 11.1 Å². The van der Waals surface area contributed by atoms with Crippen LogP contribution in [0.15, 0.2) is 54.6 Å². The van der Waals surface area contributed by atoms with Crippen LogP contribution in [0.3, 0.4) is 0 Å². The largest absolute Gasteiger partial charge is 0.371 e. The Kier molecular flexibility index (Phi) is 5.26. The fourth-order valence-corrected chi connectivity index (χ4v) is 4.64. The van der Waals surface area contributed by atoms with E-state index in [0.717, 1.165) is 55.7 Å². The van der Waals surface area contributed by atoms with E-state index in [1.165, 1.54) is 24.1 Å². The van der Waals surface area contributed by atoms with E-state index in [-0.39, 0.29) is 5.91 Å². The molecule has 2 aliphatic rings. The predicted molar refractivity (Wildman–Crippen MR) is 122 cm³/mol. The van der Waals surface area contributed by atoms with E-state index in [4.69, 9.17) is 4.98 Å². The molecule has 5 heteroatoms. The molecule has 5 rings (SSSR count). The topological polar surface area (TPSA) is 48.5 Å². The van der Waals surface area contributed by atoms with Crippen molar-refractivity contribution in [1.82, 2.24) is 10.3 Å². The molecule has 0 saturated carbocycles. The summed E-state index contributed by atoms with van der Waals surface area (Å²) in [4.78, 5) is 22.8. The summed E-state index contributed by atoms with van der Waals surface area (Å²) in [5.41, 5.74) is 4.03. The minimum Gasteiger partial charge on any atom is -0.371 e. The smallest absolute Gasteiger partial charge is 0.255 e. The highest BCUT2D eigenvalue weighted by Gasteiger charge is 2.22. The number of amides is 1. The number of aromatic nitrogens is 1. The van der Waals surface area contributed by atoms with Crippen molar-refractivity contribution in [3.8, 4) is 0 Å². The van der Waals surface area contributed by atoms with E-state index in [0.29, 0.717) is 12.1 Å². The van der Waals surface area contributed by atoms with Crippen molar-refractivity contribution in [2.24, 2.45) is 0 Å². The van der Waals surface area contributed by atoms with Crippen LogP contribution in [0.25, 0.3) is 10.9 Å². The lowest BCUT2D eigenvalue weighted by atomic mass is 10.1. The van der Waals surface area contributed by atoms with Gasteiger partial charge >= 0.3 is 0 Å². The summed E-state index contributed by atoms with van der Waals surface area (Å²) < 4.78 is 0. The molecular formula is C25H28N4O. The second-order valence-corrected chi connectivity index (χ2v) is 8.25. The number of hydrogen-bond acceptors (Lipinski definition) is 4. The lowest BCUT2D eigenvalue weighted by molar-refractivity contribution is 0.0951. The van der Waals surface area contributed by atoms with E-state index in [1.807, 2.05) is 36.4 Å². The molecule has 0 radical (unpaired) electrons. The fraction of sp³-hybridized carbons (Fsp3) is 0.360. The third-order valence-corrected chi connectivity index (χ3v) is 6.23. The number of carbonyl (C=O) groups excluding carboxylic acids is 1. The minimum absolute atomic E-state index is 0.0496. The summed E-state index contributed by atoms with van der Waals surface area (Å²) in [5.74, 6) is 0.767. The summed E-state index contributed by atoms with van der Waals surface area (Å²) in [6.45, 7) is 4.64. The number of para-hydroxylation sites is 2. The lowest BCUT2D eigenvalue weighted by Crippen LogP contribution is -2.29. The number of rotatable bonds is 5. The molecule has 0 unspecified atom stereocenters. The molecule has 0 spiro atoms. The summed E-state index contributed by atoms with van der Waals surface area (Å²) in [7, 11) is 0. The van der Waals surface area contributed by atoms with Gasteiger partial charge < -0.3 is 15.1 Å². The summed E-state index contributed by atoms with van der Waals surface area (Å²) >= 11 is 0. The van der Waals surface area contributed by atoms with E-state index in [9.17, 15) is 4.79 Å². The number of fused-ring (bicyclic) bond motifs is 1. The summed E-state index contributed by atoms with van der Waals surface area (Å²) in [6, 6.07) is 18.4. The van der Waals surface area contributed by atoms with Gasteiger partial charge in [0, 0.05) is 43.8 Å². The molecule has 2 aliphatic heterocycles. The van der Waals surface area contributed by atoms with Crippen molar-refractivity contribution in [3.63, 3.8) is 0 Å². The van der Waals surface area contributed by atoms with Crippen LogP contribution in [0.4, 0.5) is 11.5 Å². The summed E-state index contributed by atoms with van der Waals surface area (Å²) in [5, 5.41) is 4.18. The molecule has 154 valence electrons. The Morgan fingerprint density at radius 1 is 0.867 bits per heavy atom. The highest BCUT2D eigenvalue weighted by Crippen LogP contribution is 2.28. The molecule has 0 aliphatic carbocycles. The van der Waals surface area contributed by atoms with Crippen LogP contribution >= 0.6 is 0 Å². The number of anilines is 2. The van der Waals surface area contributed by atoms with Crippen molar-refractivity contribution in [3.05, 3.63) is 65.7 Å². The predicted octanol–water partition coefficient (Wildman–Crippen LogP) is 4.37. The normalized spacial score (nSPS) is 16.4. The molecule has 2 saturated heterocycles. The molecule has 3 heterocycles. The molecule has 2 fully saturated rings. The maximum atomic E-state index is 13.3. The quantitative estimate of drug-likeness (QED) is 0.691. The molecule has 1 aromatic heterocycles. The van der Waals surface area contributed by atoms with Crippen LogP contribution in [0.2, 0.25) is 0 Å². The van der Waals surface area contributed by atoms with E-state index in [1.54, 1.807) is 0 Å². The van der Waals surface area contributed by atoms with Crippen molar-refractivity contribution >= 4 is 28.3 Å². The molecule has 1 amide bonds. The van der Waals surface area contributed by atoms with Gasteiger partial charge in [0.25, 0.3) is 5.91 Å². The third kappa shape index (κ3) is 3.72. The van der Waals surface area contributed by atoms with Gasteiger partial charge in [-0.25, -0.2) is 4.98 Å². The Hall–Kier alpha value is -3.08. The molecule has 5 nitrogen and oxygen atoms in total. The first-order valence-corrected chi connectivity index (χ1v) is 11.1. The van der Waals surface area contributed by atoms with Gasteiger partial charge in [-0.05, 0) is 49.4 Å². The number of hydrogen-bond donors (Lipinski definition) is 1. The van der Waals surface area contributed by atoms with Gasteiger partial charge in [-0.2, -0.15) is 0 Å². The van der Waals surface area contributed by atoms with Gasteiger partial charge in [-0.3, -0.25) is 4.79 Å². The molecule has 1 N–H and O–H groups in total. The number of carbonyl (C=O) groups is 1. The van der Waals surface area contributed by atoms with Gasteiger partial charge in [-0.15, -0.1) is 0 Å². The average Bonchev–Trinajstić information content (AvgIpc) is 3.51. The Labute approximate surface area is 177 Å². The third-order valence-electron chi connectivity index (χ3n) is 6.23. The van der Waals surface area contributed by atoms with Gasteiger partial charge in [0.1, 0.15) is 5.82 Å². The molecular weight excluding hydrogens is 372 g/mol. The Bertz CT molecular complexity index is 1050. The van der Waals surface area contributed by atoms with Gasteiger partial charge in [0.2, 0.25) is 0 Å². The second kappa shape index (κ2) is 8.34. The van der Waals surface area contributed by atoms with E-state index >= 15 is 0 Å². The van der Waals surface area contributed by atoms with Crippen molar-refractivity contribution in [1.29, 1.82) is 0 Å². The maximum Gasteiger partial charge on any atom is 0.255 e. The number of pyridine rings is 1. The maximum absolute atomic E-state index is 13.3. The SMILES string of the molecule is O=C(NCc1ccccc1N1CCCC1)c1cc2ccccc2nc1N1CCCC1. The van der Waals surface area contributed by atoms with Crippen molar-refractivity contribution in [2.75, 3.05) is 36.0 Å². The van der Waals surface area contributed by atoms with E-state index < -0.39 is 0 Å². The summed E-state index contributed by atoms with van der Waals surface area (Å²) in [6.07, 6.45) is 4.78. The van der Waals surface area contributed by atoms with Crippen molar-refractivity contribution < 1.29 is 4.79 Å². The number of nitrogens with zero attached hydrogens (tertiary/aromatic N) is 3. The highest BCUT2D eigenvalue weighted by atomic mass is 16.1. The first-order valence-electron chi connectivity index (χ1n) is 11.1. The fourth-order valence-electron chi connectivity index (χ4n) is 4.64. The molecule has 2 aromatic carbocycles. The average molecular weight is 401 g/mol. The second-order valence-electron chi connectivity index (χ2n) is 8.25. The molecule has 0 bridgehead atoms. The van der Waals surface area contributed by atoms with Crippen molar-refractivity contribution in [2.45, 2.75) is 32.2 Å². The molecule has 0 atom stereocenters. The standard InChI is InChI=1S/C25H28N4O/c30-25(26-18-20-10-2-4-12-23(20)28-13-5-6-14-28)21-17-19-9-1-3-11-22(19)27-24(21)29-15-7-8-16-29/h1-4,9-12,17H,5-8,13-16,18H2,(H,26,30). The number of benzene rings is 2. The Morgan fingerprint density at radius 2 is 1.53 bits per heavy atom. The number of nitrogens with one attached hydrogen (secondary N) is 1. The Balaban J connectivity index is 1.42. The first-order chi connectivity index (χ1) is 14.8. The van der Waals surface area contributed by atoms with E-state index in [2.05, 4.69) is 33.3 Å². The highest BCUT2D eigenvalue weighted by molar-refractivity contribution is 6.02. The zero-order valence-electron chi connectivity index (χ0n) is 17.3. The van der Waals surface area contributed by atoms with Crippen LogP contribution in [0, 0.1) is 0 Å². The van der Waals surface area contributed by atoms with Gasteiger partial charge in [-0.1, -0.05) is 36.4 Å². The first kappa shape index (κ1) is 18.9. The van der Waals surface area contributed by atoms with Crippen LogP contribution < -0.4 is 15.1 Å². The van der Waals surface area contributed by atoms with Crippen LogP contribution in [-0.4, -0.2) is 37.1 Å². The minimum atomic E-state index is -0.0496. The van der Waals surface area contributed by atoms with Gasteiger partial charge in [0.15, 0.2) is 0 Å². The van der Waals surface area contributed by atoms with Crippen LogP contribution in [0.1, 0.15) is 41.6 Å². The Morgan fingerprint density at radius 3 is 2.33 bits per heavy atom.